The van der Waals surface area contributed by atoms with Crippen molar-refractivity contribution in [3.63, 3.8) is 0 Å². The fourth-order valence-electron chi connectivity index (χ4n) is 2.52. The number of pyridine rings is 1. The summed E-state index contributed by atoms with van der Waals surface area (Å²) in [6, 6.07) is 10.3. The van der Waals surface area contributed by atoms with Crippen LogP contribution >= 0.6 is 15.9 Å². The van der Waals surface area contributed by atoms with Crippen LogP contribution in [0.5, 0.6) is 5.88 Å². The molecule has 1 aromatic carbocycles. The van der Waals surface area contributed by atoms with Crippen molar-refractivity contribution in [3.8, 4) is 5.88 Å². The highest BCUT2D eigenvalue weighted by Crippen LogP contribution is 2.43. The van der Waals surface area contributed by atoms with E-state index in [0.29, 0.717) is 24.8 Å². The van der Waals surface area contributed by atoms with E-state index in [4.69, 9.17) is 9.53 Å². The maximum atomic E-state index is 8.94. The molecule has 2 aromatic rings. The second-order valence-corrected chi connectivity index (χ2v) is 6.54. The second kappa shape index (κ2) is 9.39. The van der Waals surface area contributed by atoms with Crippen molar-refractivity contribution < 1.29 is 9.53 Å². The third-order valence-electron chi connectivity index (χ3n) is 3.93. The zero-order valence-electron chi connectivity index (χ0n) is 14.4. The number of nitrogens with zero attached hydrogens (tertiary/aromatic N) is 1. The molecular weight excluding hydrogens is 384 g/mol. The van der Waals surface area contributed by atoms with Gasteiger partial charge in [-0.15, -0.1) is 0 Å². The van der Waals surface area contributed by atoms with Gasteiger partial charge in [-0.3, -0.25) is 10.2 Å². The van der Waals surface area contributed by atoms with Gasteiger partial charge in [0.05, 0.1) is 5.69 Å². The van der Waals surface area contributed by atoms with E-state index in [9.17, 15) is 0 Å². The fraction of sp³-hybridized carbons (Fsp3) is 0.333. The van der Waals surface area contributed by atoms with E-state index in [0.717, 1.165) is 15.9 Å². The summed E-state index contributed by atoms with van der Waals surface area (Å²) in [5, 5.41) is 3.27. The minimum Gasteiger partial charge on any atom is -0.473 e. The van der Waals surface area contributed by atoms with Gasteiger partial charge in [0.15, 0.2) is 0 Å². The highest BCUT2D eigenvalue weighted by molar-refractivity contribution is 9.10. The number of ether oxygens (including phenoxy) is 1. The molecule has 1 heterocycles. The summed E-state index contributed by atoms with van der Waals surface area (Å²) in [4.78, 5) is 13.4. The molecule has 4 N–H and O–H groups in total. The van der Waals surface area contributed by atoms with E-state index < -0.39 is 0 Å². The van der Waals surface area contributed by atoms with E-state index in [1.54, 1.807) is 5.43 Å². The van der Waals surface area contributed by atoms with Crippen molar-refractivity contribution >= 4 is 28.0 Å². The van der Waals surface area contributed by atoms with Crippen molar-refractivity contribution in [1.29, 1.82) is 0 Å². The molecule has 1 amide bonds. The van der Waals surface area contributed by atoms with Crippen LogP contribution in [0.3, 0.4) is 0 Å². The monoisotopic (exact) mass is 406 g/mol. The zero-order valence-corrected chi connectivity index (χ0v) is 16.0. The molecule has 0 spiro atoms. The number of hydrogen-bond donors (Lipinski definition) is 3. The molecule has 0 saturated heterocycles. The van der Waals surface area contributed by atoms with Crippen LogP contribution < -0.4 is 21.3 Å². The molecule has 1 fully saturated rings. The van der Waals surface area contributed by atoms with E-state index in [-0.39, 0.29) is 0 Å². The zero-order chi connectivity index (χ0) is 18.2. The molecule has 1 saturated carbocycles. The Kier molecular flexibility index (Phi) is 7.21. The van der Waals surface area contributed by atoms with E-state index in [1.807, 2.05) is 26.1 Å². The Morgan fingerprint density at radius 2 is 2.08 bits per heavy atom. The number of nitrogens with two attached hydrogens (primary N) is 1. The van der Waals surface area contributed by atoms with E-state index in [1.165, 1.54) is 24.0 Å². The van der Waals surface area contributed by atoms with Crippen LogP contribution in [0.2, 0.25) is 0 Å². The van der Waals surface area contributed by atoms with Gasteiger partial charge in [-0.05, 0) is 59.3 Å². The number of hydrogen-bond acceptors (Lipinski definition) is 5. The molecule has 25 heavy (non-hydrogen) atoms. The van der Waals surface area contributed by atoms with Crippen LogP contribution in [0.4, 0.5) is 5.69 Å². The van der Waals surface area contributed by atoms with Gasteiger partial charge in [0.2, 0.25) is 12.3 Å². The molecule has 0 radical (unpaired) electrons. The summed E-state index contributed by atoms with van der Waals surface area (Å²) in [6.07, 6.45) is 2.98. The summed E-state index contributed by atoms with van der Waals surface area (Å²) in [5.41, 5.74) is 6.51. The van der Waals surface area contributed by atoms with Gasteiger partial charge in [0.25, 0.3) is 0 Å². The number of aryl methyl sites for hydroxylation is 1. The third kappa shape index (κ3) is 5.44. The molecular formula is C18H23BrN4O2. The largest absolute Gasteiger partial charge is 0.473 e. The van der Waals surface area contributed by atoms with Gasteiger partial charge in [-0.1, -0.05) is 12.1 Å². The number of carbonyl (C=O) groups is 1. The molecule has 7 heteroatoms. The summed E-state index contributed by atoms with van der Waals surface area (Å²) in [7, 11) is 1.96. The lowest BCUT2D eigenvalue weighted by atomic mass is 10.0. The number of halogens is 1. The normalized spacial score (nSPS) is 12.6. The predicted molar refractivity (Wildman–Crippen MR) is 102 cm³/mol. The number of carbonyl (C=O) groups excluding carboxylic acids is 1. The Morgan fingerprint density at radius 3 is 2.64 bits per heavy atom. The first-order valence-electron chi connectivity index (χ1n) is 8.06. The smallest absolute Gasteiger partial charge is 0.221 e. The Balaban J connectivity index is 0.000000511. The van der Waals surface area contributed by atoms with Crippen LogP contribution in [-0.2, 0) is 11.4 Å². The van der Waals surface area contributed by atoms with Gasteiger partial charge in [0, 0.05) is 28.8 Å². The van der Waals surface area contributed by atoms with Crippen LogP contribution in [0, 0.1) is 6.92 Å². The van der Waals surface area contributed by atoms with Crippen molar-refractivity contribution in [3.05, 3.63) is 51.6 Å². The first-order valence-corrected chi connectivity index (χ1v) is 8.85. The number of amides is 1. The minimum absolute atomic E-state index is 0.403. The summed E-state index contributed by atoms with van der Waals surface area (Å²) in [6.45, 7) is 2.52. The van der Waals surface area contributed by atoms with E-state index in [2.05, 4.69) is 50.3 Å². The van der Waals surface area contributed by atoms with Crippen LogP contribution in [0.25, 0.3) is 0 Å². The van der Waals surface area contributed by atoms with Crippen molar-refractivity contribution in [2.24, 2.45) is 5.84 Å². The first-order chi connectivity index (χ1) is 12.1. The Bertz CT molecular complexity index is 720. The van der Waals surface area contributed by atoms with Gasteiger partial charge < -0.3 is 10.1 Å². The number of nitrogens with one attached hydrogen (secondary N) is 2. The SMILES string of the molecule is CNc1cccc(C2CC2)c1COc1ccc(Br)c(C)n1.NNC=O. The number of benzene rings is 1. The number of aromatic nitrogens is 1. The summed E-state index contributed by atoms with van der Waals surface area (Å²) < 4.78 is 6.92. The Morgan fingerprint density at radius 1 is 1.36 bits per heavy atom. The third-order valence-corrected chi connectivity index (χ3v) is 4.77. The van der Waals surface area contributed by atoms with Gasteiger partial charge >= 0.3 is 0 Å². The molecule has 1 aromatic heterocycles. The number of rotatable bonds is 6. The van der Waals surface area contributed by atoms with Crippen LogP contribution in [-0.4, -0.2) is 18.4 Å². The number of hydrazine groups is 1. The Labute approximate surface area is 156 Å². The standard InChI is InChI=1S/C17H19BrN2O.CH4N2O/c1-11-15(18)8-9-17(20-11)21-10-14-13(12-6-7-12)4-3-5-16(14)19-2;2-3-1-4/h3-5,8-9,12,19H,6-7,10H2,1-2H3;1H,2H2,(H,3,4). The maximum Gasteiger partial charge on any atom is 0.221 e. The molecule has 0 atom stereocenters. The van der Waals surface area contributed by atoms with Crippen molar-refractivity contribution in [2.75, 3.05) is 12.4 Å². The average molecular weight is 407 g/mol. The van der Waals surface area contributed by atoms with E-state index >= 15 is 0 Å². The van der Waals surface area contributed by atoms with Crippen LogP contribution in [0.15, 0.2) is 34.8 Å². The maximum absolute atomic E-state index is 8.94. The molecule has 0 aliphatic heterocycles. The first kappa shape index (κ1) is 19.2. The molecule has 0 bridgehead atoms. The second-order valence-electron chi connectivity index (χ2n) is 5.69. The molecule has 1 aliphatic carbocycles. The molecule has 3 rings (SSSR count). The average Bonchev–Trinajstić information content (AvgIpc) is 3.47. The lowest BCUT2D eigenvalue weighted by Crippen LogP contribution is -2.18. The predicted octanol–water partition coefficient (Wildman–Crippen LogP) is 3.26. The molecule has 134 valence electrons. The summed E-state index contributed by atoms with van der Waals surface area (Å²) >= 11 is 3.46. The van der Waals surface area contributed by atoms with Crippen LogP contribution in [0.1, 0.15) is 35.6 Å². The highest BCUT2D eigenvalue weighted by Gasteiger charge is 2.27. The lowest BCUT2D eigenvalue weighted by molar-refractivity contribution is -0.109. The van der Waals surface area contributed by atoms with Gasteiger partial charge in [0.1, 0.15) is 6.61 Å². The highest BCUT2D eigenvalue weighted by atomic mass is 79.9. The topological polar surface area (TPSA) is 89.3 Å². The van der Waals surface area contributed by atoms with Crippen molar-refractivity contribution in [1.82, 2.24) is 10.4 Å². The minimum atomic E-state index is 0.403. The lowest BCUT2D eigenvalue weighted by Gasteiger charge is -2.15. The Hall–Kier alpha value is -2.12. The summed E-state index contributed by atoms with van der Waals surface area (Å²) in [5.74, 6) is 5.78. The van der Waals surface area contributed by atoms with Gasteiger partial charge in [-0.2, -0.15) is 0 Å². The van der Waals surface area contributed by atoms with Crippen molar-refractivity contribution in [2.45, 2.75) is 32.3 Å². The number of anilines is 1. The quantitative estimate of drug-likeness (QED) is 0.296. The molecule has 6 nitrogen and oxygen atoms in total. The molecule has 1 aliphatic rings. The van der Waals surface area contributed by atoms with Gasteiger partial charge in [-0.25, -0.2) is 10.8 Å². The molecule has 0 unspecified atom stereocenters. The fourth-order valence-corrected chi connectivity index (χ4v) is 2.75.